The van der Waals surface area contributed by atoms with Crippen molar-refractivity contribution in [2.24, 2.45) is 5.90 Å². The molecule has 0 amide bonds. The smallest absolute Gasteiger partial charge is 0.282 e. The molecule has 0 heterocycles. The van der Waals surface area contributed by atoms with Crippen LogP contribution in [-0.4, -0.2) is 23.1 Å². The number of hydrogen-bond donors (Lipinski definition) is 1. The van der Waals surface area contributed by atoms with Crippen molar-refractivity contribution in [1.29, 1.82) is 0 Å². The highest BCUT2D eigenvalue weighted by atomic mass is 127. The molecule has 0 aliphatic heterocycles. The summed E-state index contributed by atoms with van der Waals surface area (Å²) in [6.45, 7) is 8.27. The summed E-state index contributed by atoms with van der Waals surface area (Å²) in [6, 6.07) is 0. The molecular formula is C9H21IN2O. The summed E-state index contributed by atoms with van der Waals surface area (Å²) in [5.41, 5.74) is 0.892. The van der Waals surface area contributed by atoms with Crippen LogP contribution in [0.3, 0.4) is 0 Å². The molecule has 3 nitrogen and oxygen atoms in total. The van der Waals surface area contributed by atoms with Gasteiger partial charge in [-0.3, -0.25) is 0 Å². The van der Waals surface area contributed by atoms with Crippen LogP contribution in [0.2, 0.25) is 0 Å². The van der Waals surface area contributed by atoms with Crippen LogP contribution in [0.25, 0.3) is 0 Å². The zero-order chi connectivity index (χ0) is 9.78. The van der Waals surface area contributed by atoms with Crippen molar-refractivity contribution in [1.82, 2.24) is 0 Å². The molecule has 0 fully saturated rings. The van der Waals surface area contributed by atoms with E-state index >= 15 is 0 Å². The van der Waals surface area contributed by atoms with Crippen molar-refractivity contribution in [3.05, 3.63) is 0 Å². The van der Waals surface area contributed by atoms with Crippen LogP contribution >= 0.6 is 0 Å². The number of halogens is 1. The van der Waals surface area contributed by atoms with Crippen LogP contribution in [-0.2, 0) is 4.84 Å². The summed E-state index contributed by atoms with van der Waals surface area (Å²) in [4.78, 5) is 5.06. The van der Waals surface area contributed by atoms with Gasteiger partial charge in [0.2, 0.25) is 0 Å². The third kappa shape index (κ3) is 3.52. The molecule has 0 saturated heterocycles. The van der Waals surface area contributed by atoms with E-state index in [0.29, 0.717) is 0 Å². The lowest BCUT2D eigenvalue weighted by molar-refractivity contribution is -0.645. The zero-order valence-electron chi connectivity index (χ0n) is 9.22. The molecule has 2 N–H and O–H groups in total. The van der Waals surface area contributed by atoms with Gasteiger partial charge in [-0.1, -0.05) is 13.8 Å². The molecule has 0 aliphatic rings. The third-order valence-electron chi connectivity index (χ3n) is 2.61. The SMILES string of the molecule is CCC(CC)(ON)[N+](C)=C(C)C.[I-]. The van der Waals surface area contributed by atoms with E-state index in [4.69, 9.17) is 10.7 Å². The summed E-state index contributed by atoms with van der Waals surface area (Å²) in [5.74, 6) is 5.31. The van der Waals surface area contributed by atoms with Crippen LogP contribution in [0, 0.1) is 0 Å². The first kappa shape index (κ1) is 15.8. The Morgan fingerprint density at radius 1 is 1.31 bits per heavy atom. The van der Waals surface area contributed by atoms with Gasteiger partial charge in [0, 0.05) is 26.7 Å². The van der Waals surface area contributed by atoms with Gasteiger partial charge in [0.05, 0.1) is 0 Å². The highest BCUT2D eigenvalue weighted by Crippen LogP contribution is 2.18. The fraction of sp³-hybridized carbons (Fsp3) is 0.889. The second kappa shape index (κ2) is 6.73. The van der Waals surface area contributed by atoms with Crippen molar-refractivity contribution in [2.75, 3.05) is 7.05 Å². The van der Waals surface area contributed by atoms with E-state index in [1.54, 1.807) is 0 Å². The maximum absolute atomic E-state index is 5.31. The molecule has 0 spiro atoms. The van der Waals surface area contributed by atoms with Crippen LogP contribution in [0.4, 0.5) is 0 Å². The Balaban J connectivity index is 0. The van der Waals surface area contributed by atoms with Crippen molar-refractivity contribution < 1.29 is 33.4 Å². The van der Waals surface area contributed by atoms with E-state index in [1.807, 2.05) is 7.05 Å². The topological polar surface area (TPSA) is 38.3 Å². The molecule has 0 saturated carbocycles. The number of nitrogens with two attached hydrogens (primary N) is 1. The van der Waals surface area contributed by atoms with Gasteiger partial charge < -0.3 is 24.0 Å². The van der Waals surface area contributed by atoms with Crippen LogP contribution in [0.5, 0.6) is 0 Å². The standard InChI is InChI=1S/C9H21N2O.HI/c1-6-9(7-2,12-10)11(5)8(3)4;/h6-7,10H2,1-5H3;1H/q+1;/p-1. The molecular weight excluding hydrogens is 279 g/mol. The van der Waals surface area contributed by atoms with Crippen LogP contribution < -0.4 is 29.9 Å². The highest BCUT2D eigenvalue weighted by Gasteiger charge is 2.36. The molecule has 0 aromatic heterocycles. The average Bonchev–Trinajstić information content (AvgIpc) is 2.08. The lowest BCUT2D eigenvalue weighted by Gasteiger charge is -2.25. The van der Waals surface area contributed by atoms with E-state index in [2.05, 4.69) is 32.3 Å². The van der Waals surface area contributed by atoms with Crippen LogP contribution in [0.15, 0.2) is 0 Å². The molecule has 0 aromatic carbocycles. The van der Waals surface area contributed by atoms with E-state index < -0.39 is 0 Å². The van der Waals surface area contributed by atoms with Gasteiger partial charge in [-0.05, 0) is 0 Å². The first-order valence-electron chi connectivity index (χ1n) is 4.46. The monoisotopic (exact) mass is 300 g/mol. The first-order chi connectivity index (χ1) is 5.54. The molecule has 0 atom stereocenters. The fourth-order valence-electron chi connectivity index (χ4n) is 1.38. The average molecular weight is 300 g/mol. The molecule has 0 aliphatic carbocycles. The molecule has 4 heteroatoms. The molecule has 0 radical (unpaired) electrons. The lowest BCUT2D eigenvalue weighted by Crippen LogP contribution is -3.00. The Morgan fingerprint density at radius 2 is 1.69 bits per heavy atom. The van der Waals surface area contributed by atoms with Gasteiger partial charge in [-0.15, -0.1) is 0 Å². The van der Waals surface area contributed by atoms with Gasteiger partial charge in [-0.2, -0.15) is 0 Å². The Labute approximate surface area is 98.3 Å². The fourth-order valence-corrected chi connectivity index (χ4v) is 1.38. The molecule has 80 valence electrons. The minimum absolute atomic E-state index is 0. The van der Waals surface area contributed by atoms with E-state index in [9.17, 15) is 0 Å². The normalized spacial score (nSPS) is 10.6. The minimum atomic E-state index is -0.321. The largest absolute Gasteiger partial charge is 1.00 e. The van der Waals surface area contributed by atoms with Gasteiger partial charge >= 0.3 is 0 Å². The molecule has 13 heavy (non-hydrogen) atoms. The zero-order valence-corrected chi connectivity index (χ0v) is 11.4. The lowest BCUT2D eigenvalue weighted by atomic mass is 10.1. The maximum atomic E-state index is 5.31. The summed E-state index contributed by atoms with van der Waals surface area (Å²) >= 11 is 0. The Bertz CT molecular complexity index is 164. The quantitative estimate of drug-likeness (QED) is 0.226. The Kier molecular flexibility index (Phi) is 8.16. The van der Waals surface area contributed by atoms with Crippen molar-refractivity contribution in [3.8, 4) is 0 Å². The van der Waals surface area contributed by atoms with Gasteiger partial charge in [0.15, 0.2) is 0 Å². The van der Waals surface area contributed by atoms with Gasteiger partial charge in [0.1, 0.15) is 12.8 Å². The van der Waals surface area contributed by atoms with E-state index in [0.717, 1.165) is 12.8 Å². The van der Waals surface area contributed by atoms with Crippen molar-refractivity contribution >= 4 is 5.71 Å². The molecule has 0 rings (SSSR count). The van der Waals surface area contributed by atoms with Crippen LogP contribution in [0.1, 0.15) is 40.5 Å². The molecule has 0 unspecified atom stereocenters. The van der Waals surface area contributed by atoms with Gasteiger partial charge in [-0.25, -0.2) is 15.3 Å². The predicted octanol–water partition coefficient (Wildman–Crippen LogP) is -1.48. The third-order valence-corrected chi connectivity index (χ3v) is 2.61. The van der Waals surface area contributed by atoms with Crippen molar-refractivity contribution in [2.45, 2.75) is 46.3 Å². The molecule has 0 aromatic rings. The summed E-state index contributed by atoms with van der Waals surface area (Å²) in [7, 11) is 2.01. The second-order valence-corrected chi connectivity index (χ2v) is 3.28. The van der Waals surface area contributed by atoms with Gasteiger partial charge in [0.25, 0.3) is 5.72 Å². The van der Waals surface area contributed by atoms with Crippen molar-refractivity contribution in [3.63, 3.8) is 0 Å². The number of rotatable bonds is 4. The Hall–Kier alpha value is 0.320. The van der Waals surface area contributed by atoms with E-state index in [-0.39, 0.29) is 29.7 Å². The first-order valence-corrected chi connectivity index (χ1v) is 4.46. The minimum Gasteiger partial charge on any atom is -1.00 e. The molecule has 0 bridgehead atoms. The second-order valence-electron chi connectivity index (χ2n) is 3.28. The number of nitrogens with zero attached hydrogens (tertiary/aromatic N) is 1. The number of hydrogen-bond acceptors (Lipinski definition) is 2. The predicted molar refractivity (Wildman–Crippen MR) is 51.1 cm³/mol. The summed E-state index contributed by atoms with van der Waals surface area (Å²) in [6.07, 6.45) is 1.78. The maximum Gasteiger partial charge on any atom is 0.282 e. The Morgan fingerprint density at radius 3 is 1.77 bits per heavy atom. The summed E-state index contributed by atoms with van der Waals surface area (Å²) < 4.78 is 2.09. The van der Waals surface area contributed by atoms with E-state index in [1.165, 1.54) is 5.71 Å². The summed E-state index contributed by atoms with van der Waals surface area (Å²) in [5, 5.41) is 0. The highest BCUT2D eigenvalue weighted by molar-refractivity contribution is 5.73.